The number of nitriles is 1. The molecule has 6 heteroatoms. The van der Waals surface area contributed by atoms with Crippen LogP contribution in [0.25, 0.3) is 0 Å². The minimum absolute atomic E-state index is 0.0998. The predicted octanol–water partition coefficient (Wildman–Crippen LogP) is 2.48. The smallest absolute Gasteiger partial charge is 0.103 e. The highest BCUT2D eigenvalue weighted by Crippen LogP contribution is 2.35. The van der Waals surface area contributed by atoms with Gasteiger partial charge in [-0.3, -0.25) is 0 Å². The van der Waals surface area contributed by atoms with Crippen LogP contribution < -0.4 is 11.1 Å². The van der Waals surface area contributed by atoms with Crippen molar-refractivity contribution in [2.75, 3.05) is 12.3 Å². The van der Waals surface area contributed by atoms with Gasteiger partial charge in [0.1, 0.15) is 6.07 Å². The lowest BCUT2D eigenvalue weighted by Gasteiger charge is -2.17. The molecule has 0 saturated carbocycles. The summed E-state index contributed by atoms with van der Waals surface area (Å²) < 4.78 is 0. The van der Waals surface area contributed by atoms with E-state index in [9.17, 15) is 5.11 Å². The van der Waals surface area contributed by atoms with Crippen LogP contribution in [-0.2, 0) is 0 Å². The van der Waals surface area contributed by atoms with Crippen LogP contribution in [-0.4, -0.2) is 17.7 Å². The fourth-order valence-corrected chi connectivity index (χ4v) is 2.01. The van der Waals surface area contributed by atoms with E-state index in [-0.39, 0.29) is 27.3 Å². The number of nitrogens with two attached hydrogens (primary N) is 1. The molecule has 4 N–H and O–H groups in total. The van der Waals surface area contributed by atoms with E-state index in [1.54, 1.807) is 0 Å². The van der Waals surface area contributed by atoms with Crippen molar-refractivity contribution in [2.24, 2.45) is 0 Å². The molecule has 0 aliphatic carbocycles. The number of aliphatic hydroxyl groups excluding tert-OH is 1. The van der Waals surface area contributed by atoms with Crippen LogP contribution in [0.3, 0.4) is 0 Å². The zero-order valence-corrected chi connectivity index (χ0v) is 11.7. The molecule has 1 aromatic carbocycles. The van der Waals surface area contributed by atoms with E-state index in [4.69, 9.17) is 34.2 Å². The fraction of sp³-hybridized carbons (Fsp3) is 0.417. The summed E-state index contributed by atoms with van der Waals surface area (Å²) >= 11 is 12.0. The number of anilines is 1. The highest BCUT2D eigenvalue weighted by atomic mass is 35.5. The standard InChI is InChI=1S/C12H15Cl2N3O/c1-6(2)17-5-10(18)7-3-9(13)12(16)8(4-15)11(7)14/h3,6,10,17-18H,5,16H2,1-2H3. The second-order valence-corrected chi connectivity index (χ2v) is 5.03. The van der Waals surface area contributed by atoms with Crippen molar-refractivity contribution in [3.63, 3.8) is 0 Å². The van der Waals surface area contributed by atoms with Gasteiger partial charge in [0.15, 0.2) is 0 Å². The van der Waals surface area contributed by atoms with Crippen LogP contribution in [0.15, 0.2) is 6.07 Å². The SMILES string of the molecule is CC(C)NCC(O)c1cc(Cl)c(N)c(C#N)c1Cl. The third kappa shape index (κ3) is 3.27. The number of nitrogens with zero attached hydrogens (tertiary/aromatic N) is 1. The summed E-state index contributed by atoms with van der Waals surface area (Å²) in [6.07, 6.45) is -0.843. The normalized spacial score (nSPS) is 12.5. The number of hydrogen-bond acceptors (Lipinski definition) is 4. The molecule has 18 heavy (non-hydrogen) atoms. The number of rotatable bonds is 4. The van der Waals surface area contributed by atoms with Crippen molar-refractivity contribution in [3.05, 3.63) is 27.2 Å². The summed E-state index contributed by atoms with van der Waals surface area (Å²) in [7, 11) is 0. The summed E-state index contributed by atoms with van der Waals surface area (Å²) in [5.74, 6) is 0. The van der Waals surface area contributed by atoms with Gasteiger partial charge in [0.2, 0.25) is 0 Å². The molecule has 0 aromatic heterocycles. The van der Waals surface area contributed by atoms with Crippen molar-refractivity contribution >= 4 is 28.9 Å². The number of nitrogens with one attached hydrogen (secondary N) is 1. The van der Waals surface area contributed by atoms with E-state index in [0.717, 1.165) is 0 Å². The lowest BCUT2D eigenvalue weighted by atomic mass is 10.0. The molecule has 0 amide bonds. The van der Waals surface area contributed by atoms with E-state index in [1.165, 1.54) is 6.07 Å². The van der Waals surface area contributed by atoms with E-state index in [0.29, 0.717) is 12.1 Å². The lowest BCUT2D eigenvalue weighted by molar-refractivity contribution is 0.171. The molecule has 0 heterocycles. The van der Waals surface area contributed by atoms with E-state index in [2.05, 4.69) is 5.32 Å². The maximum atomic E-state index is 10.0. The van der Waals surface area contributed by atoms with Gasteiger partial charge in [0.25, 0.3) is 0 Å². The molecule has 0 spiro atoms. The topological polar surface area (TPSA) is 82.1 Å². The molecule has 0 saturated heterocycles. The number of halogens is 2. The molecule has 0 fully saturated rings. The van der Waals surface area contributed by atoms with Gasteiger partial charge in [-0.15, -0.1) is 0 Å². The third-order valence-corrected chi connectivity index (χ3v) is 3.19. The van der Waals surface area contributed by atoms with Gasteiger partial charge in [0, 0.05) is 18.2 Å². The predicted molar refractivity (Wildman–Crippen MR) is 73.7 cm³/mol. The first-order valence-electron chi connectivity index (χ1n) is 5.47. The number of nitrogen functional groups attached to an aromatic ring is 1. The van der Waals surface area contributed by atoms with Gasteiger partial charge < -0.3 is 16.2 Å². The minimum atomic E-state index is -0.843. The molecule has 1 rings (SSSR count). The summed E-state index contributed by atoms with van der Waals surface area (Å²) in [6, 6.07) is 3.62. The molecule has 0 radical (unpaired) electrons. The Morgan fingerprint density at radius 3 is 2.61 bits per heavy atom. The summed E-state index contributed by atoms with van der Waals surface area (Å²) in [4.78, 5) is 0. The Balaban J connectivity index is 3.10. The zero-order chi connectivity index (χ0) is 13.9. The fourth-order valence-electron chi connectivity index (χ4n) is 1.47. The molecule has 98 valence electrons. The highest BCUT2D eigenvalue weighted by molar-refractivity contribution is 6.36. The van der Waals surface area contributed by atoms with Crippen LogP contribution in [0.2, 0.25) is 10.0 Å². The molecule has 0 aliphatic rings. The minimum Gasteiger partial charge on any atom is -0.396 e. The first kappa shape index (κ1) is 15.1. The molecule has 1 unspecified atom stereocenters. The Morgan fingerprint density at radius 2 is 2.11 bits per heavy atom. The van der Waals surface area contributed by atoms with Crippen LogP contribution in [0.5, 0.6) is 0 Å². The van der Waals surface area contributed by atoms with Crippen molar-refractivity contribution in [1.29, 1.82) is 5.26 Å². The van der Waals surface area contributed by atoms with Crippen LogP contribution >= 0.6 is 23.2 Å². The first-order valence-corrected chi connectivity index (χ1v) is 6.23. The van der Waals surface area contributed by atoms with Gasteiger partial charge in [-0.2, -0.15) is 5.26 Å². The van der Waals surface area contributed by atoms with Crippen LogP contribution in [0.4, 0.5) is 5.69 Å². The van der Waals surface area contributed by atoms with Gasteiger partial charge >= 0.3 is 0 Å². The summed E-state index contributed by atoms with van der Waals surface area (Å²) in [6.45, 7) is 4.25. The van der Waals surface area contributed by atoms with Crippen molar-refractivity contribution in [2.45, 2.75) is 26.0 Å². The van der Waals surface area contributed by atoms with E-state index < -0.39 is 6.10 Å². The average molecular weight is 288 g/mol. The average Bonchev–Trinajstić information content (AvgIpc) is 2.31. The second kappa shape index (κ2) is 6.26. The maximum absolute atomic E-state index is 10.0. The monoisotopic (exact) mass is 287 g/mol. The summed E-state index contributed by atoms with van der Waals surface area (Å²) in [5.41, 5.74) is 6.29. The number of benzene rings is 1. The number of aliphatic hydroxyl groups is 1. The Kier molecular flexibility index (Phi) is 5.24. The van der Waals surface area contributed by atoms with Gasteiger partial charge in [-0.1, -0.05) is 37.0 Å². The van der Waals surface area contributed by atoms with E-state index in [1.807, 2.05) is 19.9 Å². The molecule has 1 atom stereocenters. The Morgan fingerprint density at radius 1 is 1.50 bits per heavy atom. The molecule has 0 bridgehead atoms. The molecular weight excluding hydrogens is 273 g/mol. The van der Waals surface area contributed by atoms with Crippen LogP contribution in [0, 0.1) is 11.3 Å². The van der Waals surface area contributed by atoms with Crippen molar-refractivity contribution < 1.29 is 5.11 Å². The van der Waals surface area contributed by atoms with Gasteiger partial charge in [-0.25, -0.2) is 0 Å². The summed E-state index contributed by atoms with van der Waals surface area (Å²) in [5, 5.41) is 22.5. The first-order chi connectivity index (χ1) is 8.38. The second-order valence-electron chi connectivity index (χ2n) is 4.24. The Hall–Kier alpha value is -0.990. The maximum Gasteiger partial charge on any atom is 0.103 e. The largest absolute Gasteiger partial charge is 0.396 e. The zero-order valence-electron chi connectivity index (χ0n) is 10.2. The molecule has 1 aromatic rings. The Bertz CT molecular complexity index is 483. The van der Waals surface area contributed by atoms with Crippen molar-refractivity contribution in [1.82, 2.24) is 5.32 Å². The van der Waals surface area contributed by atoms with Crippen molar-refractivity contribution in [3.8, 4) is 6.07 Å². The third-order valence-electron chi connectivity index (χ3n) is 2.47. The Labute approximate surface area is 116 Å². The van der Waals surface area contributed by atoms with Gasteiger partial charge in [0.05, 0.1) is 27.4 Å². The van der Waals surface area contributed by atoms with E-state index >= 15 is 0 Å². The highest BCUT2D eigenvalue weighted by Gasteiger charge is 2.19. The quantitative estimate of drug-likeness (QED) is 0.743. The lowest BCUT2D eigenvalue weighted by Crippen LogP contribution is -2.28. The molecule has 0 aliphatic heterocycles. The molecule has 4 nitrogen and oxygen atoms in total. The van der Waals surface area contributed by atoms with Gasteiger partial charge in [-0.05, 0) is 6.07 Å². The number of hydrogen-bond donors (Lipinski definition) is 3. The van der Waals surface area contributed by atoms with Crippen LogP contribution in [0.1, 0.15) is 31.1 Å². The molecular formula is C12H15Cl2N3O.